The van der Waals surface area contributed by atoms with Crippen molar-refractivity contribution >= 4 is 10.0 Å². The minimum Gasteiger partial charge on any atom is -0.319 e. The molecule has 114 valence electrons. The lowest BCUT2D eigenvalue weighted by Gasteiger charge is -2.19. The summed E-state index contributed by atoms with van der Waals surface area (Å²) in [6.45, 7) is 2.07. The largest absolute Gasteiger partial charge is 0.319 e. The summed E-state index contributed by atoms with van der Waals surface area (Å²) in [4.78, 5) is 2.32. The number of nitrogens with zero attached hydrogens (tertiary/aromatic N) is 2. The Kier molecular flexibility index (Phi) is 6.61. The van der Waals surface area contributed by atoms with Crippen LogP contribution in [0.4, 0.5) is 0 Å². The first kappa shape index (κ1) is 17.1. The topological polar surface area (TPSA) is 52.7 Å². The summed E-state index contributed by atoms with van der Waals surface area (Å²) < 4.78 is 26.1. The summed E-state index contributed by atoms with van der Waals surface area (Å²) in [5.41, 5.74) is 1.13. The van der Waals surface area contributed by atoms with Gasteiger partial charge in [-0.2, -0.15) is 4.31 Å². The van der Waals surface area contributed by atoms with Gasteiger partial charge in [0.2, 0.25) is 10.0 Å². The first-order chi connectivity index (χ1) is 9.37. The van der Waals surface area contributed by atoms with Crippen LogP contribution < -0.4 is 5.32 Å². The van der Waals surface area contributed by atoms with Gasteiger partial charge in [0.25, 0.3) is 0 Å². The van der Waals surface area contributed by atoms with Gasteiger partial charge in [0, 0.05) is 20.1 Å². The van der Waals surface area contributed by atoms with Crippen molar-refractivity contribution in [3.63, 3.8) is 0 Å². The Morgan fingerprint density at radius 1 is 1.05 bits per heavy atom. The number of rotatable bonds is 8. The van der Waals surface area contributed by atoms with E-state index >= 15 is 0 Å². The van der Waals surface area contributed by atoms with E-state index in [4.69, 9.17) is 0 Å². The average molecular weight is 299 g/mol. The molecule has 0 aliphatic carbocycles. The highest BCUT2D eigenvalue weighted by Gasteiger charge is 2.20. The van der Waals surface area contributed by atoms with Gasteiger partial charge in [-0.15, -0.1) is 0 Å². The Bertz CT molecular complexity index is 498. The molecule has 0 saturated carbocycles. The monoisotopic (exact) mass is 299 g/mol. The average Bonchev–Trinajstić information content (AvgIpc) is 2.42. The van der Waals surface area contributed by atoms with Crippen LogP contribution in [0.15, 0.2) is 29.2 Å². The van der Waals surface area contributed by atoms with Gasteiger partial charge in [-0.3, -0.25) is 0 Å². The van der Waals surface area contributed by atoms with Crippen LogP contribution in [-0.2, 0) is 16.4 Å². The summed E-state index contributed by atoms with van der Waals surface area (Å²) in [6, 6.07) is 7.13. The van der Waals surface area contributed by atoms with E-state index in [1.165, 1.54) is 4.31 Å². The van der Waals surface area contributed by atoms with Crippen molar-refractivity contribution in [3.8, 4) is 0 Å². The minimum atomic E-state index is -3.38. The first-order valence-corrected chi connectivity index (χ1v) is 8.16. The molecule has 0 amide bonds. The van der Waals surface area contributed by atoms with Crippen molar-refractivity contribution in [1.29, 1.82) is 0 Å². The number of benzene rings is 1. The van der Waals surface area contributed by atoms with Crippen LogP contribution in [0.2, 0.25) is 0 Å². The second-order valence-corrected chi connectivity index (χ2v) is 7.17. The predicted molar refractivity (Wildman–Crippen MR) is 82.4 cm³/mol. The van der Waals surface area contributed by atoms with Crippen molar-refractivity contribution in [3.05, 3.63) is 29.8 Å². The zero-order valence-corrected chi connectivity index (χ0v) is 13.6. The molecule has 0 bridgehead atoms. The Morgan fingerprint density at radius 3 is 2.15 bits per heavy atom. The van der Waals surface area contributed by atoms with E-state index < -0.39 is 10.0 Å². The van der Waals surface area contributed by atoms with E-state index in [1.807, 2.05) is 38.2 Å². The van der Waals surface area contributed by atoms with E-state index in [1.54, 1.807) is 19.2 Å². The second kappa shape index (κ2) is 7.73. The molecular formula is C14H25N3O2S. The molecule has 0 saturated heterocycles. The summed E-state index contributed by atoms with van der Waals surface area (Å²) in [6.07, 6.45) is 0.896. The maximum absolute atomic E-state index is 12.4. The van der Waals surface area contributed by atoms with E-state index in [0.717, 1.165) is 18.5 Å². The minimum absolute atomic E-state index is 0.354. The van der Waals surface area contributed by atoms with Gasteiger partial charge in [-0.05, 0) is 51.8 Å². The fourth-order valence-electron chi connectivity index (χ4n) is 1.74. The molecule has 0 atom stereocenters. The van der Waals surface area contributed by atoms with Gasteiger partial charge < -0.3 is 10.2 Å². The third kappa shape index (κ3) is 4.86. The number of sulfonamides is 1. The van der Waals surface area contributed by atoms with Crippen molar-refractivity contribution in [2.75, 3.05) is 47.8 Å². The summed E-state index contributed by atoms with van der Waals surface area (Å²) in [5, 5.41) is 3.08. The molecule has 0 aromatic heterocycles. The molecule has 20 heavy (non-hydrogen) atoms. The van der Waals surface area contributed by atoms with Gasteiger partial charge in [-0.1, -0.05) is 12.1 Å². The molecule has 1 N–H and O–H groups in total. The van der Waals surface area contributed by atoms with Crippen molar-refractivity contribution in [2.45, 2.75) is 11.3 Å². The number of hydrogen-bond acceptors (Lipinski definition) is 4. The van der Waals surface area contributed by atoms with E-state index in [9.17, 15) is 8.42 Å². The maximum atomic E-state index is 12.4. The molecule has 5 nitrogen and oxygen atoms in total. The highest BCUT2D eigenvalue weighted by molar-refractivity contribution is 7.89. The quantitative estimate of drug-likeness (QED) is 0.765. The van der Waals surface area contributed by atoms with Crippen molar-refractivity contribution in [1.82, 2.24) is 14.5 Å². The molecule has 0 heterocycles. The molecule has 0 aliphatic rings. The predicted octanol–water partition coefficient (Wildman–Crippen LogP) is 0.631. The van der Waals surface area contributed by atoms with Gasteiger partial charge in [0.05, 0.1) is 4.90 Å². The summed E-state index contributed by atoms with van der Waals surface area (Å²) in [5.74, 6) is 0. The van der Waals surface area contributed by atoms with Gasteiger partial charge in [0.1, 0.15) is 0 Å². The highest BCUT2D eigenvalue weighted by Crippen LogP contribution is 2.15. The van der Waals surface area contributed by atoms with Crippen molar-refractivity contribution < 1.29 is 8.42 Å². The Labute approximate surface area is 122 Å². The zero-order chi connectivity index (χ0) is 15.2. The molecule has 0 fully saturated rings. The molecule has 1 aromatic rings. The van der Waals surface area contributed by atoms with Gasteiger partial charge in [0.15, 0.2) is 0 Å². The lowest BCUT2D eigenvalue weighted by molar-refractivity contribution is 0.358. The van der Waals surface area contributed by atoms with Crippen LogP contribution in [0.1, 0.15) is 5.56 Å². The molecule has 0 aliphatic heterocycles. The molecule has 1 aromatic carbocycles. The smallest absolute Gasteiger partial charge is 0.242 e. The summed E-state index contributed by atoms with van der Waals surface area (Å²) in [7, 11) is 3.99. The SMILES string of the molecule is CNCCc1ccc(S(=O)(=O)N(C)CCN(C)C)cc1. The third-order valence-electron chi connectivity index (χ3n) is 3.16. The summed E-state index contributed by atoms with van der Waals surface area (Å²) >= 11 is 0. The second-order valence-electron chi connectivity index (χ2n) is 5.13. The molecule has 0 radical (unpaired) electrons. The standard InChI is InChI=1S/C14H25N3O2S/c1-15-10-9-13-5-7-14(8-6-13)20(18,19)17(4)12-11-16(2)3/h5-8,15H,9-12H2,1-4H3. The van der Waals surface area contributed by atoms with Crippen LogP contribution in [-0.4, -0.2) is 65.4 Å². The highest BCUT2D eigenvalue weighted by atomic mass is 32.2. The first-order valence-electron chi connectivity index (χ1n) is 6.72. The van der Waals surface area contributed by atoms with Crippen molar-refractivity contribution in [2.24, 2.45) is 0 Å². The van der Waals surface area contributed by atoms with Crippen LogP contribution in [0, 0.1) is 0 Å². The van der Waals surface area contributed by atoms with Gasteiger partial charge in [-0.25, -0.2) is 8.42 Å². The third-order valence-corrected chi connectivity index (χ3v) is 5.03. The number of nitrogens with one attached hydrogen (secondary N) is 1. The molecular weight excluding hydrogens is 274 g/mol. The van der Waals surface area contributed by atoms with Crippen LogP contribution in [0.5, 0.6) is 0 Å². The van der Waals surface area contributed by atoms with Crippen LogP contribution >= 0.6 is 0 Å². The zero-order valence-electron chi connectivity index (χ0n) is 12.8. The molecule has 0 unspecified atom stereocenters. The van der Waals surface area contributed by atoms with E-state index in [-0.39, 0.29) is 0 Å². The fourth-order valence-corrected chi connectivity index (χ4v) is 2.90. The normalized spacial score (nSPS) is 12.3. The maximum Gasteiger partial charge on any atom is 0.242 e. The Morgan fingerprint density at radius 2 is 1.65 bits per heavy atom. The van der Waals surface area contributed by atoms with E-state index in [2.05, 4.69) is 5.32 Å². The molecule has 0 spiro atoms. The number of hydrogen-bond donors (Lipinski definition) is 1. The fraction of sp³-hybridized carbons (Fsp3) is 0.571. The van der Waals surface area contributed by atoms with Gasteiger partial charge >= 0.3 is 0 Å². The molecule has 6 heteroatoms. The Balaban J connectivity index is 2.76. The number of likely N-dealkylation sites (N-methyl/N-ethyl adjacent to an activating group) is 3. The van der Waals surface area contributed by atoms with Crippen LogP contribution in [0.3, 0.4) is 0 Å². The molecule has 1 rings (SSSR count). The lowest BCUT2D eigenvalue weighted by atomic mass is 10.1. The van der Waals surface area contributed by atoms with Crippen LogP contribution in [0.25, 0.3) is 0 Å². The lowest BCUT2D eigenvalue weighted by Crippen LogP contribution is -2.33. The Hall–Kier alpha value is -0.950. The van der Waals surface area contributed by atoms with E-state index in [0.29, 0.717) is 18.0 Å².